The second kappa shape index (κ2) is 9.16. The Bertz CT molecular complexity index is 1520. The first-order chi connectivity index (χ1) is 16.7. The Labute approximate surface area is 202 Å². The lowest BCUT2D eigenvalue weighted by Crippen LogP contribution is -2.18. The van der Waals surface area contributed by atoms with Gasteiger partial charge in [-0.1, -0.05) is 0 Å². The van der Waals surface area contributed by atoms with E-state index in [-0.39, 0.29) is 5.91 Å². The summed E-state index contributed by atoms with van der Waals surface area (Å²) in [4.78, 5) is 30.3. The Kier molecular flexibility index (Phi) is 6.09. The van der Waals surface area contributed by atoms with Gasteiger partial charge in [-0.2, -0.15) is 10.5 Å². The molecule has 0 fully saturated rings. The highest BCUT2D eigenvalue weighted by atomic mass is 16.1. The van der Waals surface area contributed by atoms with Crippen molar-refractivity contribution >= 4 is 11.6 Å². The molecule has 172 valence electrons. The molecule has 4 aromatic heterocycles. The maximum atomic E-state index is 12.9. The van der Waals surface area contributed by atoms with E-state index in [0.717, 1.165) is 17.1 Å². The number of aryl methyl sites for hydroxylation is 2. The number of amides is 1. The Balaban J connectivity index is 1.65. The van der Waals surface area contributed by atoms with Crippen molar-refractivity contribution in [1.82, 2.24) is 24.5 Å². The fraction of sp³-hybridized carbons (Fsp3) is 0.192. The van der Waals surface area contributed by atoms with Gasteiger partial charge in [0.1, 0.15) is 11.9 Å². The summed E-state index contributed by atoms with van der Waals surface area (Å²) in [5, 5.41) is 21.9. The molecule has 0 saturated carbocycles. The zero-order valence-corrected chi connectivity index (χ0v) is 19.7. The van der Waals surface area contributed by atoms with Crippen molar-refractivity contribution < 1.29 is 4.79 Å². The fourth-order valence-electron chi connectivity index (χ4n) is 3.55. The molecule has 0 aliphatic rings. The summed E-state index contributed by atoms with van der Waals surface area (Å²) in [6, 6.07) is 11.1. The van der Waals surface area contributed by atoms with E-state index in [2.05, 4.69) is 37.4 Å². The van der Waals surface area contributed by atoms with Crippen LogP contribution in [0.15, 0.2) is 55.2 Å². The van der Waals surface area contributed by atoms with E-state index < -0.39 is 5.41 Å². The van der Waals surface area contributed by atoms with Gasteiger partial charge >= 0.3 is 0 Å². The van der Waals surface area contributed by atoms with Crippen LogP contribution in [0, 0.1) is 36.5 Å². The summed E-state index contributed by atoms with van der Waals surface area (Å²) < 4.78 is 1.75. The maximum Gasteiger partial charge on any atom is 0.255 e. The number of aromatic nitrogens is 5. The van der Waals surface area contributed by atoms with Crippen molar-refractivity contribution in [2.24, 2.45) is 0 Å². The summed E-state index contributed by atoms with van der Waals surface area (Å²) in [5.74, 6) is 0.873. The monoisotopic (exact) mass is 462 g/mol. The molecule has 9 heteroatoms. The third-order valence-electron chi connectivity index (χ3n) is 5.64. The van der Waals surface area contributed by atoms with Crippen LogP contribution in [0.5, 0.6) is 0 Å². The van der Waals surface area contributed by atoms with Crippen molar-refractivity contribution in [3.63, 3.8) is 0 Å². The van der Waals surface area contributed by atoms with Gasteiger partial charge in [-0.3, -0.25) is 19.3 Å². The minimum atomic E-state index is -0.818. The number of hydrogen-bond acceptors (Lipinski definition) is 7. The summed E-state index contributed by atoms with van der Waals surface area (Å²) in [6.07, 6.45) is 8.16. The van der Waals surface area contributed by atoms with Crippen LogP contribution in [-0.4, -0.2) is 30.4 Å². The van der Waals surface area contributed by atoms with Crippen LogP contribution < -0.4 is 5.32 Å². The van der Waals surface area contributed by atoms with Gasteiger partial charge in [0.05, 0.1) is 34.6 Å². The lowest BCUT2D eigenvalue weighted by atomic mass is 9.90. The topological polar surface area (TPSA) is 133 Å². The molecular formula is C26H22N8O. The second-order valence-corrected chi connectivity index (χ2v) is 8.53. The van der Waals surface area contributed by atoms with Crippen molar-refractivity contribution in [3.8, 4) is 29.1 Å². The largest absolute Gasteiger partial charge is 0.321 e. The van der Waals surface area contributed by atoms with Crippen LogP contribution in [0.3, 0.4) is 0 Å². The smallest absolute Gasteiger partial charge is 0.255 e. The van der Waals surface area contributed by atoms with E-state index in [4.69, 9.17) is 0 Å². The molecule has 0 spiro atoms. The van der Waals surface area contributed by atoms with Gasteiger partial charge in [0.2, 0.25) is 0 Å². The summed E-state index contributed by atoms with van der Waals surface area (Å²) in [7, 11) is 0. The normalized spacial score (nSPS) is 10.9. The van der Waals surface area contributed by atoms with Crippen LogP contribution in [0.2, 0.25) is 0 Å². The minimum Gasteiger partial charge on any atom is -0.321 e. The highest BCUT2D eigenvalue weighted by Gasteiger charge is 2.23. The van der Waals surface area contributed by atoms with Gasteiger partial charge in [0, 0.05) is 47.2 Å². The number of rotatable bonds is 5. The van der Waals surface area contributed by atoms with Crippen LogP contribution in [0.4, 0.5) is 5.69 Å². The van der Waals surface area contributed by atoms with E-state index in [1.807, 2.05) is 13.8 Å². The number of pyridine rings is 3. The molecule has 0 unspecified atom stereocenters. The average Bonchev–Trinajstić information content (AvgIpc) is 3.30. The number of carbonyl (C=O) groups is 1. The first kappa shape index (κ1) is 23.3. The van der Waals surface area contributed by atoms with Crippen molar-refractivity contribution in [3.05, 3.63) is 83.6 Å². The molecule has 0 saturated heterocycles. The number of imidazole rings is 1. The fourth-order valence-corrected chi connectivity index (χ4v) is 3.55. The first-order valence-corrected chi connectivity index (χ1v) is 10.8. The first-order valence-electron chi connectivity index (χ1n) is 10.8. The lowest BCUT2D eigenvalue weighted by Gasteiger charge is -2.15. The quantitative estimate of drug-likeness (QED) is 0.468. The molecule has 35 heavy (non-hydrogen) atoms. The summed E-state index contributed by atoms with van der Waals surface area (Å²) in [6.45, 7) is 7.18. The molecule has 0 atom stereocenters. The van der Waals surface area contributed by atoms with Gasteiger partial charge in [0.15, 0.2) is 5.82 Å². The molecule has 4 rings (SSSR count). The Morgan fingerprint density at radius 1 is 1.03 bits per heavy atom. The molecule has 0 aromatic carbocycles. The standard InChI is InChI=1S/C26H22N8O/c1-16-22(20-9-19(12-27)24(32-13-20)34-8-7-29-17(34)2)11-21(14-31-16)33-25(35)18-5-6-30-23(10-18)26(3,4)15-28/h5-11,13-14H,1-4H3,(H,33,35). The van der Waals surface area contributed by atoms with Crippen LogP contribution >= 0.6 is 0 Å². The molecule has 1 amide bonds. The van der Waals surface area contributed by atoms with Gasteiger partial charge in [-0.05, 0) is 52.0 Å². The highest BCUT2D eigenvalue weighted by Crippen LogP contribution is 2.28. The van der Waals surface area contributed by atoms with Crippen LogP contribution in [0.25, 0.3) is 16.9 Å². The van der Waals surface area contributed by atoms with E-state index >= 15 is 0 Å². The maximum absolute atomic E-state index is 12.9. The highest BCUT2D eigenvalue weighted by molar-refractivity contribution is 6.04. The molecule has 4 aromatic rings. The third kappa shape index (κ3) is 4.61. The summed E-state index contributed by atoms with van der Waals surface area (Å²) in [5.41, 5.74) is 3.12. The van der Waals surface area contributed by atoms with E-state index in [1.54, 1.807) is 67.5 Å². The predicted octanol–water partition coefficient (Wildman–Crippen LogP) is 4.27. The van der Waals surface area contributed by atoms with Crippen molar-refractivity contribution in [2.45, 2.75) is 33.1 Å². The zero-order valence-electron chi connectivity index (χ0n) is 19.7. The number of nitrogens with zero attached hydrogens (tertiary/aromatic N) is 7. The SMILES string of the molecule is Cc1ncc(NC(=O)c2ccnc(C(C)(C)C#N)c2)cc1-c1cnc(-n2ccnc2C)c(C#N)c1. The van der Waals surface area contributed by atoms with Crippen molar-refractivity contribution in [2.75, 3.05) is 5.32 Å². The number of nitrogens with one attached hydrogen (secondary N) is 1. The third-order valence-corrected chi connectivity index (χ3v) is 5.64. The van der Waals surface area contributed by atoms with E-state index in [1.165, 1.54) is 6.20 Å². The second-order valence-electron chi connectivity index (χ2n) is 8.53. The van der Waals surface area contributed by atoms with Crippen LogP contribution in [0.1, 0.15) is 47.0 Å². The number of nitriles is 2. The Hall–Kier alpha value is -4.89. The molecule has 0 radical (unpaired) electrons. The number of hydrogen-bond donors (Lipinski definition) is 1. The average molecular weight is 463 g/mol. The number of carbonyl (C=O) groups excluding carboxylic acids is 1. The Morgan fingerprint density at radius 2 is 1.83 bits per heavy atom. The molecule has 0 aliphatic heterocycles. The summed E-state index contributed by atoms with van der Waals surface area (Å²) >= 11 is 0. The van der Waals surface area contributed by atoms with Crippen LogP contribution in [-0.2, 0) is 5.41 Å². The van der Waals surface area contributed by atoms with Gasteiger partial charge in [-0.25, -0.2) is 9.97 Å². The molecule has 4 heterocycles. The van der Waals surface area contributed by atoms with Gasteiger partial charge in [-0.15, -0.1) is 0 Å². The minimum absolute atomic E-state index is 0.347. The molecule has 9 nitrogen and oxygen atoms in total. The number of anilines is 1. The molecular weight excluding hydrogens is 440 g/mol. The van der Waals surface area contributed by atoms with Crippen molar-refractivity contribution in [1.29, 1.82) is 10.5 Å². The zero-order chi connectivity index (χ0) is 25.2. The lowest BCUT2D eigenvalue weighted by molar-refractivity contribution is 0.102. The molecule has 1 N–H and O–H groups in total. The van der Waals surface area contributed by atoms with Gasteiger partial charge in [0.25, 0.3) is 5.91 Å². The van der Waals surface area contributed by atoms with E-state index in [9.17, 15) is 15.3 Å². The predicted molar refractivity (Wildman–Crippen MR) is 130 cm³/mol. The molecule has 0 bridgehead atoms. The van der Waals surface area contributed by atoms with E-state index in [0.29, 0.717) is 33.9 Å². The van der Waals surface area contributed by atoms with Gasteiger partial charge < -0.3 is 5.32 Å². The Morgan fingerprint density at radius 3 is 2.51 bits per heavy atom. The molecule has 0 aliphatic carbocycles.